The fraction of sp³-hybridized carbons (Fsp3) is 0.150. The molecule has 0 heterocycles. The van der Waals surface area contributed by atoms with Crippen molar-refractivity contribution in [2.75, 3.05) is 11.1 Å². The van der Waals surface area contributed by atoms with Crippen molar-refractivity contribution in [3.05, 3.63) is 70.7 Å². The van der Waals surface area contributed by atoms with Crippen molar-refractivity contribution < 1.29 is 4.79 Å². The largest absolute Gasteiger partial charge is 0.325 e. The van der Waals surface area contributed by atoms with Gasteiger partial charge in [-0.05, 0) is 48.6 Å². The van der Waals surface area contributed by atoms with Gasteiger partial charge in [0.1, 0.15) is 0 Å². The first-order valence-electron chi connectivity index (χ1n) is 7.72. The van der Waals surface area contributed by atoms with Crippen molar-refractivity contribution >= 4 is 45.7 Å². The van der Waals surface area contributed by atoms with Crippen LogP contribution in [-0.4, -0.2) is 11.7 Å². The Morgan fingerprint density at radius 1 is 1.04 bits per heavy atom. The van der Waals surface area contributed by atoms with Gasteiger partial charge in [0.05, 0.1) is 5.75 Å². The van der Waals surface area contributed by atoms with Gasteiger partial charge in [0.15, 0.2) is 0 Å². The molecule has 0 unspecified atom stereocenters. The number of aryl methyl sites for hydroxylation is 1. The predicted octanol–water partition coefficient (Wildman–Crippen LogP) is 5.84. The van der Waals surface area contributed by atoms with E-state index in [-0.39, 0.29) is 5.91 Å². The Morgan fingerprint density at radius 3 is 2.54 bits per heavy atom. The Kier molecular flexibility index (Phi) is 5.12. The molecule has 3 aromatic rings. The molecule has 24 heavy (non-hydrogen) atoms. The van der Waals surface area contributed by atoms with Crippen molar-refractivity contribution in [1.82, 2.24) is 0 Å². The summed E-state index contributed by atoms with van der Waals surface area (Å²) in [6.45, 7) is 4.06. The summed E-state index contributed by atoms with van der Waals surface area (Å²) >= 11 is 7.84. The van der Waals surface area contributed by atoms with E-state index in [0.717, 1.165) is 26.9 Å². The van der Waals surface area contributed by atoms with E-state index < -0.39 is 0 Å². The summed E-state index contributed by atoms with van der Waals surface area (Å²) in [6.07, 6.45) is 0. The summed E-state index contributed by atoms with van der Waals surface area (Å²) in [7, 11) is 0. The van der Waals surface area contributed by atoms with Gasteiger partial charge in [-0.25, -0.2) is 0 Å². The standard InChI is InChI=1S/C20H18ClNOS/c1-13-6-3-10-17(14(13)2)22-19(23)12-24-18-11-5-8-15-7-4-9-16(21)20(15)18/h3-11H,12H2,1-2H3,(H,22,23). The number of thioether (sulfide) groups is 1. The smallest absolute Gasteiger partial charge is 0.234 e. The van der Waals surface area contributed by atoms with Gasteiger partial charge in [-0.15, -0.1) is 11.8 Å². The summed E-state index contributed by atoms with van der Waals surface area (Å²) in [5, 5.41) is 5.80. The summed E-state index contributed by atoms with van der Waals surface area (Å²) in [5.41, 5.74) is 3.14. The molecule has 0 aliphatic rings. The van der Waals surface area contributed by atoms with Crippen molar-refractivity contribution in [3.8, 4) is 0 Å². The first-order chi connectivity index (χ1) is 11.6. The van der Waals surface area contributed by atoms with Crippen LogP contribution in [0.1, 0.15) is 11.1 Å². The topological polar surface area (TPSA) is 29.1 Å². The molecule has 1 N–H and O–H groups in total. The van der Waals surface area contributed by atoms with Gasteiger partial charge in [0.25, 0.3) is 0 Å². The van der Waals surface area contributed by atoms with Crippen LogP contribution in [0.25, 0.3) is 10.8 Å². The van der Waals surface area contributed by atoms with Gasteiger partial charge in [-0.2, -0.15) is 0 Å². The van der Waals surface area contributed by atoms with Crippen LogP contribution in [0, 0.1) is 13.8 Å². The molecular weight excluding hydrogens is 338 g/mol. The number of halogens is 1. The number of hydrogen-bond acceptors (Lipinski definition) is 2. The molecule has 122 valence electrons. The summed E-state index contributed by atoms with van der Waals surface area (Å²) in [6, 6.07) is 17.8. The second-order valence-electron chi connectivity index (χ2n) is 5.68. The van der Waals surface area contributed by atoms with E-state index in [2.05, 4.69) is 5.32 Å². The number of hydrogen-bond donors (Lipinski definition) is 1. The van der Waals surface area contributed by atoms with Crippen LogP contribution in [0.4, 0.5) is 5.69 Å². The third kappa shape index (κ3) is 3.58. The van der Waals surface area contributed by atoms with Gasteiger partial charge in [-0.1, -0.05) is 48.0 Å². The third-order valence-corrected chi connectivity index (χ3v) is 5.43. The van der Waals surface area contributed by atoms with Gasteiger partial charge < -0.3 is 5.32 Å². The van der Waals surface area contributed by atoms with Crippen LogP contribution < -0.4 is 5.32 Å². The lowest BCUT2D eigenvalue weighted by Gasteiger charge is -2.11. The number of amides is 1. The second-order valence-corrected chi connectivity index (χ2v) is 7.10. The Bertz CT molecular complexity index is 902. The van der Waals surface area contributed by atoms with Gasteiger partial charge in [0.2, 0.25) is 5.91 Å². The number of anilines is 1. The molecule has 3 rings (SSSR count). The van der Waals surface area contributed by atoms with E-state index >= 15 is 0 Å². The van der Waals surface area contributed by atoms with Crippen molar-refractivity contribution in [2.45, 2.75) is 18.7 Å². The summed E-state index contributed by atoms with van der Waals surface area (Å²) < 4.78 is 0. The number of rotatable bonds is 4. The maximum Gasteiger partial charge on any atom is 0.234 e. The molecule has 0 aliphatic heterocycles. The fourth-order valence-corrected chi connectivity index (χ4v) is 3.84. The van der Waals surface area contributed by atoms with Crippen molar-refractivity contribution in [2.24, 2.45) is 0 Å². The molecule has 0 spiro atoms. The molecule has 0 radical (unpaired) electrons. The highest BCUT2D eigenvalue weighted by Crippen LogP contribution is 2.33. The van der Waals surface area contributed by atoms with Crippen LogP contribution in [-0.2, 0) is 4.79 Å². The van der Waals surface area contributed by atoms with Gasteiger partial charge in [0, 0.05) is 21.0 Å². The zero-order valence-electron chi connectivity index (χ0n) is 13.6. The molecule has 2 nitrogen and oxygen atoms in total. The highest BCUT2D eigenvalue weighted by molar-refractivity contribution is 8.00. The third-order valence-electron chi connectivity index (χ3n) is 4.05. The number of fused-ring (bicyclic) bond motifs is 1. The Labute approximate surface area is 151 Å². The van der Waals surface area contributed by atoms with E-state index in [1.54, 1.807) is 0 Å². The van der Waals surface area contributed by atoms with E-state index in [1.165, 1.54) is 17.3 Å². The minimum Gasteiger partial charge on any atom is -0.325 e. The number of carbonyl (C=O) groups excluding carboxylic acids is 1. The first-order valence-corrected chi connectivity index (χ1v) is 9.09. The molecule has 0 bridgehead atoms. The van der Waals surface area contributed by atoms with Crippen LogP contribution in [0.3, 0.4) is 0 Å². The molecule has 0 fully saturated rings. The minimum atomic E-state index is -0.0160. The molecule has 1 amide bonds. The van der Waals surface area contributed by atoms with Crippen LogP contribution in [0.5, 0.6) is 0 Å². The van der Waals surface area contributed by atoms with Gasteiger partial charge >= 0.3 is 0 Å². The van der Waals surface area contributed by atoms with Crippen molar-refractivity contribution in [3.63, 3.8) is 0 Å². The highest BCUT2D eigenvalue weighted by Gasteiger charge is 2.10. The van der Waals surface area contributed by atoms with Crippen molar-refractivity contribution in [1.29, 1.82) is 0 Å². The Hall–Kier alpha value is -1.97. The number of nitrogens with one attached hydrogen (secondary N) is 1. The lowest BCUT2D eigenvalue weighted by atomic mass is 10.1. The summed E-state index contributed by atoms with van der Waals surface area (Å²) in [4.78, 5) is 13.3. The van der Waals surface area contributed by atoms with E-state index in [1.807, 2.05) is 68.4 Å². The molecule has 0 atom stereocenters. The maximum atomic E-state index is 12.3. The lowest BCUT2D eigenvalue weighted by molar-refractivity contribution is -0.113. The fourth-order valence-electron chi connectivity index (χ4n) is 2.60. The SMILES string of the molecule is Cc1cccc(NC(=O)CSc2cccc3cccc(Cl)c23)c1C. The zero-order chi connectivity index (χ0) is 17.1. The normalized spacial score (nSPS) is 10.8. The average molecular weight is 356 g/mol. The number of benzene rings is 3. The van der Waals surface area contributed by atoms with Gasteiger partial charge in [-0.3, -0.25) is 4.79 Å². The Morgan fingerprint density at radius 2 is 1.75 bits per heavy atom. The Balaban J connectivity index is 1.74. The molecule has 0 aliphatic carbocycles. The summed E-state index contributed by atoms with van der Waals surface area (Å²) in [5.74, 6) is 0.329. The molecular formula is C20H18ClNOS. The molecule has 0 saturated heterocycles. The zero-order valence-corrected chi connectivity index (χ0v) is 15.2. The van der Waals surface area contributed by atoms with E-state index in [0.29, 0.717) is 10.8 Å². The molecule has 0 saturated carbocycles. The molecule has 0 aromatic heterocycles. The molecule has 3 aromatic carbocycles. The van der Waals surface area contributed by atoms with Crippen LogP contribution in [0.2, 0.25) is 5.02 Å². The number of carbonyl (C=O) groups is 1. The highest BCUT2D eigenvalue weighted by atomic mass is 35.5. The second kappa shape index (κ2) is 7.29. The quantitative estimate of drug-likeness (QED) is 0.595. The maximum absolute atomic E-state index is 12.3. The van der Waals surface area contributed by atoms with E-state index in [4.69, 9.17) is 11.6 Å². The van der Waals surface area contributed by atoms with Crippen LogP contribution in [0.15, 0.2) is 59.5 Å². The monoisotopic (exact) mass is 355 g/mol. The van der Waals surface area contributed by atoms with Crippen LogP contribution >= 0.6 is 23.4 Å². The predicted molar refractivity (Wildman–Crippen MR) is 104 cm³/mol. The average Bonchev–Trinajstić information content (AvgIpc) is 2.57. The van der Waals surface area contributed by atoms with E-state index in [9.17, 15) is 4.79 Å². The molecule has 4 heteroatoms. The first kappa shape index (κ1) is 16.9. The minimum absolute atomic E-state index is 0.0160. The lowest BCUT2D eigenvalue weighted by Crippen LogP contribution is -2.15.